The molecule has 1 saturated carbocycles. The number of nitrogens with one attached hydrogen (secondary N) is 1. The number of nitrogens with two attached hydrogens (primary N) is 1. The summed E-state index contributed by atoms with van der Waals surface area (Å²) >= 11 is 0. The SMILES string of the molecule is Cc1nnc(N[C@H](N)c2ccc(F)cc2F)c2cc(C3CC(C)(O)C3)ncc12. The van der Waals surface area contributed by atoms with E-state index in [-0.39, 0.29) is 11.5 Å². The molecule has 8 heteroatoms. The molecular weight excluding hydrogens is 364 g/mol. The number of nitrogens with zero attached hydrogens (tertiary/aromatic N) is 3. The highest BCUT2D eigenvalue weighted by Crippen LogP contribution is 2.44. The molecule has 3 aromatic rings. The molecule has 0 radical (unpaired) electrons. The van der Waals surface area contributed by atoms with Gasteiger partial charge in [0.1, 0.15) is 17.8 Å². The van der Waals surface area contributed by atoms with E-state index in [1.807, 2.05) is 19.9 Å². The summed E-state index contributed by atoms with van der Waals surface area (Å²) in [6.07, 6.45) is 2.09. The van der Waals surface area contributed by atoms with Crippen molar-refractivity contribution in [1.29, 1.82) is 0 Å². The van der Waals surface area contributed by atoms with Crippen molar-refractivity contribution in [3.8, 4) is 0 Å². The minimum atomic E-state index is -0.929. The minimum Gasteiger partial charge on any atom is -0.390 e. The molecule has 1 aliphatic rings. The van der Waals surface area contributed by atoms with Crippen LogP contribution in [0.2, 0.25) is 0 Å². The van der Waals surface area contributed by atoms with Gasteiger partial charge >= 0.3 is 0 Å². The van der Waals surface area contributed by atoms with Crippen LogP contribution in [0.15, 0.2) is 30.5 Å². The van der Waals surface area contributed by atoms with E-state index in [1.54, 1.807) is 6.20 Å². The monoisotopic (exact) mass is 385 g/mol. The van der Waals surface area contributed by atoms with Gasteiger partial charge < -0.3 is 16.2 Å². The lowest BCUT2D eigenvalue weighted by Gasteiger charge is -2.40. The van der Waals surface area contributed by atoms with E-state index >= 15 is 0 Å². The summed E-state index contributed by atoms with van der Waals surface area (Å²) in [5, 5.41) is 22.8. The second-order valence-electron chi connectivity index (χ2n) is 7.68. The zero-order chi connectivity index (χ0) is 20.1. The van der Waals surface area contributed by atoms with Crippen LogP contribution in [0, 0.1) is 18.6 Å². The lowest BCUT2D eigenvalue weighted by Crippen LogP contribution is -2.39. The van der Waals surface area contributed by atoms with E-state index in [0.717, 1.165) is 28.6 Å². The van der Waals surface area contributed by atoms with Crippen LogP contribution in [0.4, 0.5) is 14.6 Å². The largest absolute Gasteiger partial charge is 0.390 e. The van der Waals surface area contributed by atoms with Gasteiger partial charge in [-0.3, -0.25) is 4.98 Å². The van der Waals surface area contributed by atoms with Gasteiger partial charge in [-0.05, 0) is 44.9 Å². The number of hydrogen-bond acceptors (Lipinski definition) is 6. The Morgan fingerprint density at radius 1 is 1.21 bits per heavy atom. The number of rotatable bonds is 4. The van der Waals surface area contributed by atoms with Crippen molar-refractivity contribution in [2.75, 3.05) is 5.32 Å². The van der Waals surface area contributed by atoms with Crippen LogP contribution < -0.4 is 11.1 Å². The number of halogens is 2. The normalized spacial score (nSPS) is 22.7. The van der Waals surface area contributed by atoms with E-state index < -0.39 is 23.4 Å². The second-order valence-corrected chi connectivity index (χ2v) is 7.68. The number of aromatic nitrogens is 3. The summed E-state index contributed by atoms with van der Waals surface area (Å²) in [5.41, 5.74) is 7.13. The molecule has 0 spiro atoms. The third-order valence-electron chi connectivity index (χ3n) is 5.25. The number of anilines is 1. The Bertz CT molecular complexity index is 1050. The van der Waals surface area contributed by atoms with Gasteiger partial charge in [0.15, 0.2) is 5.82 Å². The predicted octanol–water partition coefficient (Wildman–Crippen LogP) is 3.31. The van der Waals surface area contributed by atoms with Gasteiger partial charge in [-0.1, -0.05) is 0 Å². The molecule has 0 unspecified atom stereocenters. The van der Waals surface area contributed by atoms with E-state index in [9.17, 15) is 13.9 Å². The molecule has 2 aromatic heterocycles. The van der Waals surface area contributed by atoms with Crippen LogP contribution in [0.3, 0.4) is 0 Å². The summed E-state index contributed by atoms with van der Waals surface area (Å²) in [6.45, 7) is 3.64. The molecule has 2 heterocycles. The molecule has 146 valence electrons. The zero-order valence-corrected chi connectivity index (χ0v) is 15.6. The van der Waals surface area contributed by atoms with Gasteiger partial charge in [0.2, 0.25) is 0 Å². The molecule has 1 aliphatic carbocycles. The molecular formula is C20H21F2N5O. The van der Waals surface area contributed by atoms with Gasteiger partial charge in [-0.25, -0.2) is 8.78 Å². The zero-order valence-electron chi connectivity index (χ0n) is 15.6. The first kappa shape index (κ1) is 18.6. The van der Waals surface area contributed by atoms with Crippen molar-refractivity contribution in [1.82, 2.24) is 15.2 Å². The maximum atomic E-state index is 14.0. The number of aryl methyl sites for hydroxylation is 1. The average Bonchev–Trinajstić information content (AvgIpc) is 2.61. The summed E-state index contributed by atoms with van der Waals surface area (Å²) in [5.74, 6) is -0.833. The highest BCUT2D eigenvalue weighted by atomic mass is 19.1. The average molecular weight is 385 g/mol. The van der Waals surface area contributed by atoms with Crippen molar-refractivity contribution >= 4 is 16.6 Å². The predicted molar refractivity (Wildman–Crippen MR) is 102 cm³/mol. The Kier molecular flexibility index (Phi) is 4.47. The number of aliphatic hydroxyl groups is 1. The molecule has 0 saturated heterocycles. The van der Waals surface area contributed by atoms with Gasteiger partial charge in [-0.15, -0.1) is 5.10 Å². The summed E-state index contributed by atoms with van der Waals surface area (Å²) in [6, 6.07) is 5.16. The lowest BCUT2D eigenvalue weighted by molar-refractivity contribution is -0.0323. The van der Waals surface area contributed by atoms with Crippen LogP contribution in [-0.4, -0.2) is 25.9 Å². The Labute approximate surface area is 160 Å². The number of benzene rings is 1. The quantitative estimate of drug-likeness (QED) is 0.596. The molecule has 1 atom stereocenters. The Hall–Kier alpha value is -2.71. The molecule has 0 aliphatic heterocycles. The first-order valence-electron chi connectivity index (χ1n) is 9.06. The van der Waals surface area contributed by atoms with Gasteiger partial charge in [0.25, 0.3) is 0 Å². The Morgan fingerprint density at radius 2 is 1.96 bits per heavy atom. The standard InChI is InChI=1S/C20H21F2N5O/c1-10-15-9-24-17(11-7-20(2,28)8-11)6-14(15)19(27-26-10)25-18(23)13-4-3-12(21)5-16(13)22/h3-6,9,11,18,28H,7-8,23H2,1-2H3,(H,25,27)/t11?,18-,20?/m0/s1. The molecule has 0 bridgehead atoms. The Balaban J connectivity index is 1.69. The van der Waals surface area contributed by atoms with Crippen molar-refractivity contribution in [3.63, 3.8) is 0 Å². The third-order valence-corrected chi connectivity index (χ3v) is 5.25. The van der Waals surface area contributed by atoms with Gasteiger partial charge in [-0.2, -0.15) is 5.10 Å². The first-order chi connectivity index (χ1) is 13.2. The molecule has 28 heavy (non-hydrogen) atoms. The fourth-order valence-electron chi connectivity index (χ4n) is 3.71. The van der Waals surface area contributed by atoms with E-state index in [4.69, 9.17) is 5.73 Å². The molecule has 4 N–H and O–H groups in total. The highest BCUT2D eigenvalue weighted by molar-refractivity contribution is 5.92. The molecule has 4 rings (SSSR count). The third kappa shape index (κ3) is 3.41. The van der Waals surface area contributed by atoms with Gasteiger partial charge in [0, 0.05) is 40.2 Å². The Morgan fingerprint density at radius 3 is 2.64 bits per heavy atom. The summed E-state index contributed by atoms with van der Waals surface area (Å²) < 4.78 is 27.2. The van der Waals surface area contributed by atoms with Crippen LogP contribution in [0.5, 0.6) is 0 Å². The first-order valence-corrected chi connectivity index (χ1v) is 9.06. The molecule has 0 amide bonds. The van der Waals surface area contributed by atoms with E-state index in [0.29, 0.717) is 24.4 Å². The van der Waals surface area contributed by atoms with Crippen LogP contribution in [-0.2, 0) is 0 Å². The summed E-state index contributed by atoms with van der Waals surface area (Å²) in [7, 11) is 0. The van der Waals surface area contributed by atoms with Crippen LogP contribution in [0.25, 0.3) is 10.8 Å². The van der Waals surface area contributed by atoms with Gasteiger partial charge in [0.05, 0.1) is 11.3 Å². The van der Waals surface area contributed by atoms with Crippen LogP contribution >= 0.6 is 0 Å². The number of hydrogen-bond donors (Lipinski definition) is 3. The maximum absolute atomic E-state index is 14.0. The smallest absolute Gasteiger partial charge is 0.158 e. The molecule has 1 fully saturated rings. The highest BCUT2D eigenvalue weighted by Gasteiger charge is 2.40. The minimum absolute atomic E-state index is 0.126. The second kappa shape index (κ2) is 6.72. The summed E-state index contributed by atoms with van der Waals surface area (Å²) in [4.78, 5) is 4.52. The topological polar surface area (TPSA) is 97.0 Å². The number of fused-ring (bicyclic) bond motifs is 1. The molecule has 6 nitrogen and oxygen atoms in total. The van der Waals surface area contributed by atoms with Crippen molar-refractivity contribution in [2.45, 2.75) is 44.4 Å². The fraction of sp³-hybridized carbons (Fsp3) is 0.350. The van der Waals surface area contributed by atoms with Crippen molar-refractivity contribution < 1.29 is 13.9 Å². The fourth-order valence-corrected chi connectivity index (χ4v) is 3.71. The van der Waals surface area contributed by atoms with E-state index in [2.05, 4.69) is 20.5 Å². The molecule has 1 aromatic carbocycles. The van der Waals surface area contributed by atoms with Crippen molar-refractivity contribution in [2.24, 2.45) is 5.73 Å². The maximum Gasteiger partial charge on any atom is 0.158 e. The van der Waals surface area contributed by atoms with Crippen molar-refractivity contribution in [3.05, 3.63) is 59.0 Å². The lowest BCUT2D eigenvalue weighted by atomic mass is 9.70. The number of pyridine rings is 1. The van der Waals surface area contributed by atoms with E-state index in [1.165, 1.54) is 6.07 Å². The van der Waals surface area contributed by atoms with Crippen LogP contribution in [0.1, 0.15) is 48.8 Å².